The number of aromatic nitrogens is 2. The summed E-state index contributed by atoms with van der Waals surface area (Å²) >= 11 is 0. The van der Waals surface area contributed by atoms with Crippen LogP contribution in [0.5, 0.6) is 17.2 Å². The lowest BCUT2D eigenvalue weighted by molar-refractivity contribution is 0.0949. The van der Waals surface area contributed by atoms with Gasteiger partial charge in [0.05, 0.1) is 38.4 Å². The third-order valence-electron chi connectivity index (χ3n) is 5.88. The molecule has 1 aromatic heterocycles. The Bertz CT molecular complexity index is 1330. The Hall–Kier alpha value is -4.26. The van der Waals surface area contributed by atoms with Crippen LogP contribution in [-0.2, 0) is 19.5 Å². The maximum Gasteiger partial charge on any atom is 0.251 e. The summed E-state index contributed by atoms with van der Waals surface area (Å²) in [5.41, 5.74) is 3.62. The number of imidazole rings is 1. The molecule has 0 atom stereocenters. The van der Waals surface area contributed by atoms with Gasteiger partial charge in [-0.3, -0.25) is 4.79 Å². The first-order valence-corrected chi connectivity index (χ1v) is 11.9. The van der Waals surface area contributed by atoms with E-state index in [1.54, 1.807) is 38.5 Å². The second-order valence-electron chi connectivity index (χ2n) is 8.26. The summed E-state index contributed by atoms with van der Waals surface area (Å²) in [5.74, 6) is 2.77. The first kappa shape index (κ1) is 24.9. The van der Waals surface area contributed by atoms with Crippen molar-refractivity contribution in [1.29, 1.82) is 0 Å². The van der Waals surface area contributed by atoms with E-state index in [0.717, 1.165) is 35.3 Å². The van der Waals surface area contributed by atoms with Gasteiger partial charge in [0.2, 0.25) is 0 Å². The SMILES string of the molecule is C=CCc1ccc(OCCCn2c(CNC(=O)c3ccc(OC)cc3)nc3ccccc32)c(OC)c1. The summed E-state index contributed by atoms with van der Waals surface area (Å²) in [6, 6.07) is 20.9. The number of carbonyl (C=O) groups is 1. The van der Waals surface area contributed by atoms with Gasteiger partial charge in [0.25, 0.3) is 5.91 Å². The topological polar surface area (TPSA) is 74.6 Å². The lowest BCUT2D eigenvalue weighted by Crippen LogP contribution is -2.25. The minimum atomic E-state index is -0.161. The number of rotatable bonds is 12. The van der Waals surface area contributed by atoms with E-state index in [2.05, 4.69) is 16.5 Å². The van der Waals surface area contributed by atoms with Gasteiger partial charge in [-0.25, -0.2) is 4.98 Å². The van der Waals surface area contributed by atoms with E-state index in [1.165, 1.54) is 0 Å². The Morgan fingerprint density at radius 2 is 1.83 bits per heavy atom. The second-order valence-corrected chi connectivity index (χ2v) is 8.26. The van der Waals surface area contributed by atoms with Gasteiger partial charge in [0, 0.05) is 12.1 Å². The number of fused-ring (bicyclic) bond motifs is 1. The van der Waals surface area contributed by atoms with Gasteiger partial charge in [-0.2, -0.15) is 0 Å². The first-order valence-electron chi connectivity index (χ1n) is 11.9. The van der Waals surface area contributed by atoms with Gasteiger partial charge in [0.1, 0.15) is 11.6 Å². The normalized spacial score (nSPS) is 10.7. The third kappa shape index (κ3) is 5.86. The van der Waals surface area contributed by atoms with Crippen molar-refractivity contribution >= 4 is 16.9 Å². The van der Waals surface area contributed by atoms with Crippen LogP contribution < -0.4 is 19.5 Å². The van der Waals surface area contributed by atoms with Crippen LogP contribution in [0.2, 0.25) is 0 Å². The van der Waals surface area contributed by atoms with Gasteiger partial charge in [-0.05, 0) is 66.9 Å². The predicted molar refractivity (Wildman–Crippen MR) is 141 cm³/mol. The van der Waals surface area contributed by atoms with Crippen LogP contribution in [-0.4, -0.2) is 36.3 Å². The van der Waals surface area contributed by atoms with E-state index in [4.69, 9.17) is 19.2 Å². The smallest absolute Gasteiger partial charge is 0.251 e. The highest BCUT2D eigenvalue weighted by Gasteiger charge is 2.13. The molecular weight excluding hydrogens is 454 g/mol. The fourth-order valence-corrected chi connectivity index (χ4v) is 4.04. The van der Waals surface area contributed by atoms with E-state index >= 15 is 0 Å². The number of para-hydroxylation sites is 2. The standard InChI is InChI=1S/C29H31N3O4/c1-4-8-21-11-16-26(27(19-21)35-3)36-18-7-17-32-25-10-6-5-9-24(25)31-28(32)20-30-29(33)22-12-14-23(34-2)15-13-22/h4-6,9-16,19H,1,7-8,17-18,20H2,2-3H3,(H,30,33). The summed E-state index contributed by atoms with van der Waals surface area (Å²) in [6.45, 7) is 5.32. The maximum absolute atomic E-state index is 12.7. The molecule has 36 heavy (non-hydrogen) atoms. The number of amides is 1. The summed E-state index contributed by atoms with van der Waals surface area (Å²) < 4.78 is 18.8. The van der Waals surface area contributed by atoms with Gasteiger partial charge in [-0.1, -0.05) is 24.3 Å². The van der Waals surface area contributed by atoms with Gasteiger partial charge in [0.15, 0.2) is 11.5 Å². The lowest BCUT2D eigenvalue weighted by atomic mass is 10.1. The molecule has 0 spiro atoms. The number of benzene rings is 3. The average molecular weight is 486 g/mol. The molecule has 7 nitrogen and oxygen atoms in total. The van der Waals surface area contributed by atoms with Crippen molar-refractivity contribution in [3.05, 3.63) is 96.3 Å². The van der Waals surface area contributed by atoms with Gasteiger partial charge < -0.3 is 24.1 Å². The van der Waals surface area contributed by atoms with Crippen molar-refractivity contribution in [1.82, 2.24) is 14.9 Å². The number of carbonyl (C=O) groups excluding carboxylic acids is 1. The molecule has 0 fully saturated rings. The van der Waals surface area contributed by atoms with Crippen LogP contribution in [0.4, 0.5) is 0 Å². The number of ether oxygens (including phenoxy) is 3. The molecule has 0 saturated heterocycles. The molecule has 4 rings (SSSR count). The summed E-state index contributed by atoms with van der Waals surface area (Å²) in [5, 5.41) is 2.98. The molecule has 0 aliphatic heterocycles. The highest BCUT2D eigenvalue weighted by atomic mass is 16.5. The van der Waals surface area contributed by atoms with Crippen molar-refractivity contribution in [2.45, 2.75) is 25.9 Å². The van der Waals surface area contributed by atoms with Crippen LogP contribution in [0.15, 0.2) is 79.4 Å². The van der Waals surface area contributed by atoms with Crippen LogP contribution in [0.3, 0.4) is 0 Å². The first-order chi connectivity index (χ1) is 17.6. The van der Waals surface area contributed by atoms with Crippen LogP contribution in [0.1, 0.15) is 28.2 Å². The fraction of sp³-hybridized carbons (Fsp3) is 0.241. The molecule has 0 radical (unpaired) electrons. The van der Waals surface area contributed by atoms with Gasteiger partial charge in [-0.15, -0.1) is 6.58 Å². The van der Waals surface area contributed by atoms with Crippen molar-refractivity contribution < 1.29 is 19.0 Å². The number of aryl methyl sites for hydroxylation is 1. The van der Waals surface area contributed by atoms with Gasteiger partial charge >= 0.3 is 0 Å². The van der Waals surface area contributed by atoms with E-state index in [9.17, 15) is 4.79 Å². The van der Waals surface area contributed by atoms with Crippen molar-refractivity contribution in [3.63, 3.8) is 0 Å². The van der Waals surface area contributed by atoms with Crippen LogP contribution in [0, 0.1) is 0 Å². The molecular formula is C29H31N3O4. The molecule has 1 amide bonds. The zero-order chi connectivity index (χ0) is 25.3. The zero-order valence-electron chi connectivity index (χ0n) is 20.7. The van der Waals surface area contributed by atoms with Crippen molar-refractivity contribution in [2.24, 2.45) is 0 Å². The summed E-state index contributed by atoms with van der Waals surface area (Å²) in [4.78, 5) is 17.4. The zero-order valence-corrected chi connectivity index (χ0v) is 20.7. The highest BCUT2D eigenvalue weighted by molar-refractivity contribution is 5.94. The summed E-state index contributed by atoms with van der Waals surface area (Å²) in [6.07, 6.45) is 3.40. The molecule has 186 valence electrons. The Morgan fingerprint density at radius 3 is 2.58 bits per heavy atom. The number of allylic oxidation sites excluding steroid dienone is 1. The summed E-state index contributed by atoms with van der Waals surface area (Å²) in [7, 11) is 3.24. The Kier molecular flexibility index (Phi) is 8.24. The van der Waals surface area contributed by atoms with Crippen LogP contribution in [0.25, 0.3) is 11.0 Å². The third-order valence-corrected chi connectivity index (χ3v) is 5.88. The second kappa shape index (κ2) is 11.9. The van der Waals surface area contributed by atoms with E-state index < -0.39 is 0 Å². The number of methoxy groups -OCH3 is 2. The van der Waals surface area contributed by atoms with Crippen LogP contribution >= 0.6 is 0 Å². The van der Waals surface area contributed by atoms with Crippen molar-refractivity contribution in [2.75, 3.05) is 20.8 Å². The molecule has 0 bridgehead atoms. The molecule has 1 heterocycles. The molecule has 7 heteroatoms. The maximum atomic E-state index is 12.7. The highest BCUT2D eigenvalue weighted by Crippen LogP contribution is 2.28. The fourth-order valence-electron chi connectivity index (χ4n) is 4.04. The number of nitrogens with zero attached hydrogens (tertiary/aromatic N) is 2. The largest absolute Gasteiger partial charge is 0.497 e. The molecule has 0 aliphatic rings. The predicted octanol–water partition coefficient (Wildman–Crippen LogP) is 5.18. The van der Waals surface area contributed by atoms with E-state index in [0.29, 0.717) is 42.5 Å². The average Bonchev–Trinajstić information content (AvgIpc) is 3.27. The van der Waals surface area contributed by atoms with E-state index in [1.807, 2.05) is 48.5 Å². The number of hydrogen-bond acceptors (Lipinski definition) is 5. The van der Waals surface area contributed by atoms with E-state index in [-0.39, 0.29) is 5.91 Å². The Morgan fingerprint density at radius 1 is 1.03 bits per heavy atom. The number of hydrogen-bond donors (Lipinski definition) is 1. The Labute approximate surface area is 211 Å². The molecule has 4 aromatic rings. The molecule has 0 unspecified atom stereocenters. The Balaban J connectivity index is 1.41. The minimum absolute atomic E-state index is 0.161. The molecule has 0 aliphatic carbocycles. The monoisotopic (exact) mass is 485 g/mol. The lowest BCUT2D eigenvalue weighted by Gasteiger charge is -2.13. The molecule has 0 saturated carbocycles. The molecule has 3 aromatic carbocycles. The minimum Gasteiger partial charge on any atom is -0.497 e. The van der Waals surface area contributed by atoms with Crippen molar-refractivity contribution in [3.8, 4) is 17.2 Å². The number of nitrogens with one attached hydrogen (secondary N) is 1. The quantitative estimate of drug-likeness (QED) is 0.221. The molecule has 1 N–H and O–H groups in total.